The number of amides is 3. The van der Waals surface area contributed by atoms with Crippen molar-refractivity contribution in [2.75, 3.05) is 11.9 Å². The summed E-state index contributed by atoms with van der Waals surface area (Å²) in [6.45, 7) is 5.51. The zero-order valence-corrected chi connectivity index (χ0v) is 17.5. The molecule has 1 aromatic rings. The zero-order valence-electron chi connectivity index (χ0n) is 17.5. The van der Waals surface area contributed by atoms with Gasteiger partial charge in [0.15, 0.2) is 0 Å². The molecule has 3 amide bonds. The van der Waals surface area contributed by atoms with Crippen LogP contribution < -0.4 is 16.0 Å². The van der Waals surface area contributed by atoms with Crippen molar-refractivity contribution in [3.8, 4) is 0 Å². The highest BCUT2D eigenvalue weighted by Crippen LogP contribution is 2.22. The van der Waals surface area contributed by atoms with Gasteiger partial charge in [-0.15, -0.1) is 0 Å². The van der Waals surface area contributed by atoms with Gasteiger partial charge in [0.25, 0.3) is 0 Å². The van der Waals surface area contributed by atoms with E-state index in [9.17, 15) is 14.4 Å². The molecule has 29 heavy (non-hydrogen) atoms. The monoisotopic (exact) mass is 401 g/mol. The summed E-state index contributed by atoms with van der Waals surface area (Å²) in [5, 5.41) is 8.00. The molecule has 0 unspecified atom stereocenters. The van der Waals surface area contributed by atoms with Gasteiger partial charge in [0.1, 0.15) is 12.1 Å². The maximum atomic E-state index is 12.0. The maximum Gasteiger partial charge on any atom is 0.408 e. The molecule has 0 aliphatic heterocycles. The second-order valence-corrected chi connectivity index (χ2v) is 8.18. The highest BCUT2D eigenvalue weighted by atomic mass is 16.6. The lowest BCUT2D eigenvalue weighted by Gasteiger charge is -2.19. The maximum absolute atomic E-state index is 12.0. The van der Waals surface area contributed by atoms with E-state index >= 15 is 0 Å². The van der Waals surface area contributed by atoms with E-state index in [4.69, 9.17) is 4.74 Å². The first-order valence-corrected chi connectivity index (χ1v) is 10.0. The van der Waals surface area contributed by atoms with Crippen LogP contribution >= 0.6 is 0 Å². The van der Waals surface area contributed by atoms with Crippen LogP contribution in [0.15, 0.2) is 35.9 Å². The quantitative estimate of drug-likeness (QED) is 0.634. The third-order valence-corrected chi connectivity index (χ3v) is 4.33. The molecule has 3 N–H and O–H groups in total. The number of carbonyl (C=O) groups excluding carboxylic acids is 3. The van der Waals surface area contributed by atoms with Crippen LogP contribution in [0.4, 0.5) is 10.5 Å². The van der Waals surface area contributed by atoms with Crippen molar-refractivity contribution in [3.05, 3.63) is 41.5 Å². The lowest BCUT2D eigenvalue weighted by atomic mass is 9.94. The minimum atomic E-state index is -0.637. The van der Waals surface area contributed by atoms with Crippen molar-refractivity contribution < 1.29 is 19.1 Å². The fraction of sp³-hybridized carbons (Fsp3) is 0.500. The van der Waals surface area contributed by atoms with Crippen molar-refractivity contribution in [2.45, 2.75) is 65.0 Å². The standard InChI is InChI=1S/C22H31N3O4/c1-22(2,3)29-21(28)24-15-20(27)25-18-11-9-17(10-12-18)14-23-19(26)13-16-7-5-4-6-8-16/h9-13H,4-8,14-15H2,1-3H3,(H,23,26)(H,24,28)(H,25,27). The van der Waals surface area contributed by atoms with E-state index in [1.54, 1.807) is 39.0 Å². The van der Waals surface area contributed by atoms with Gasteiger partial charge in [-0.25, -0.2) is 4.79 Å². The lowest BCUT2D eigenvalue weighted by molar-refractivity contribution is -0.117. The van der Waals surface area contributed by atoms with Crippen LogP contribution in [0.5, 0.6) is 0 Å². The first-order chi connectivity index (χ1) is 13.7. The molecule has 7 nitrogen and oxygen atoms in total. The molecular weight excluding hydrogens is 370 g/mol. The number of allylic oxidation sites excluding steroid dienone is 1. The number of ether oxygens (including phenoxy) is 1. The summed E-state index contributed by atoms with van der Waals surface area (Å²) < 4.78 is 5.08. The number of alkyl carbamates (subject to hydrolysis) is 1. The number of rotatable bonds is 6. The Labute approximate surface area is 172 Å². The van der Waals surface area contributed by atoms with Crippen LogP contribution in [0.2, 0.25) is 0 Å². The molecule has 1 aromatic carbocycles. The van der Waals surface area contributed by atoms with E-state index in [0.717, 1.165) is 18.4 Å². The molecule has 158 valence electrons. The van der Waals surface area contributed by atoms with Gasteiger partial charge in [0, 0.05) is 18.3 Å². The summed E-state index contributed by atoms with van der Waals surface area (Å²) in [5.74, 6) is -0.413. The Morgan fingerprint density at radius 3 is 2.28 bits per heavy atom. The molecule has 0 heterocycles. The van der Waals surface area contributed by atoms with Crippen LogP contribution in [0.3, 0.4) is 0 Å². The van der Waals surface area contributed by atoms with E-state index in [0.29, 0.717) is 12.2 Å². The zero-order chi connectivity index (χ0) is 21.3. The van der Waals surface area contributed by atoms with Crippen molar-refractivity contribution in [3.63, 3.8) is 0 Å². The second-order valence-electron chi connectivity index (χ2n) is 8.18. The highest BCUT2D eigenvalue weighted by molar-refractivity contribution is 5.93. The number of benzene rings is 1. The Kier molecular flexibility index (Phi) is 8.24. The summed E-state index contributed by atoms with van der Waals surface area (Å²) >= 11 is 0. The summed E-state index contributed by atoms with van der Waals surface area (Å²) in [5.41, 5.74) is 2.16. The molecule has 0 saturated heterocycles. The lowest BCUT2D eigenvalue weighted by Crippen LogP contribution is -2.37. The third kappa shape index (κ3) is 9.27. The van der Waals surface area contributed by atoms with Gasteiger partial charge in [-0.1, -0.05) is 24.1 Å². The van der Waals surface area contributed by atoms with Crippen molar-refractivity contribution in [2.24, 2.45) is 0 Å². The van der Waals surface area contributed by atoms with Crippen LogP contribution in [-0.2, 0) is 20.9 Å². The molecule has 0 radical (unpaired) electrons. The van der Waals surface area contributed by atoms with Gasteiger partial charge in [0.05, 0.1) is 0 Å². The van der Waals surface area contributed by atoms with Gasteiger partial charge in [0.2, 0.25) is 11.8 Å². The van der Waals surface area contributed by atoms with E-state index in [-0.39, 0.29) is 18.4 Å². The Bertz CT molecular complexity index is 740. The average molecular weight is 402 g/mol. The summed E-state index contributed by atoms with van der Waals surface area (Å²) in [4.78, 5) is 35.5. The SMILES string of the molecule is CC(C)(C)OC(=O)NCC(=O)Nc1ccc(CNC(=O)C=C2CCCCC2)cc1. The molecule has 0 spiro atoms. The molecule has 2 rings (SSSR count). The molecule has 0 bridgehead atoms. The number of nitrogens with one attached hydrogen (secondary N) is 3. The summed E-state index contributed by atoms with van der Waals surface area (Å²) in [7, 11) is 0. The minimum absolute atomic E-state index is 0.0625. The first kappa shape index (κ1) is 22.5. The number of hydrogen-bond donors (Lipinski definition) is 3. The first-order valence-electron chi connectivity index (χ1n) is 10.0. The third-order valence-electron chi connectivity index (χ3n) is 4.33. The minimum Gasteiger partial charge on any atom is -0.444 e. The molecule has 1 fully saturated rings. The van der Waals surface area contributed by atoms with Gasteiger partial charge >= 0.3 is 6.09 Å². The topological polar surface area (TPSA) is 96.5 Å². The van der Waals surface area contributed by atoms with E-state index in [2.05, 4.69) is 16.0 Å². The van der Waals surface area contributed by atoms with Gasteiger partial charge < -0.3 is 20.7 Å². The van der Waals surface area contributed by atoms with E-state index < -0.39 is 11.7 Å². The normalized spacial score (nSPS) is 14.0. The van der Waals surface area contributed by atoms with Crippen molar-refractivity contribution in [1.82, 2.24) is 10.6 Å². The predicted octanol–water partition coefficient (Wildman–Crippen LogP) is 3.66. The Balaban J connectivity index is 1.73. The summed E-state index contributed by atoms with van der Waals surface area (Å²) in [6, 6.07) is 7.19. The van der Waals surface area contributed by atoms with Gasteiger partial charge in [-0.05, 0) is 64.2 Å². The fourth-order valence-electron chi connectivity index (χ4n) is 2.95. The van der Waals surface area contributed by atoms with Crippen molar-refractivity contribution >= 4 is 23.6 Å². The fourth-order valence-corrected chi connectivity index (χ4v) is 2.95. The Morgan fingerprint density at radius 1 is 1.00 bits per heavy atom. The molecular formula is C22H31N3O4. The molecule has 1 aliphatic carbocycles. The smallest absolute Gasteiger partial charge is 0.408 e. The van der Waals surface area contributed by atoms with Gasteiger partial charge in [-0.3, -0.25) is 9.59 Å². The Morgan fingerprint density at radius 2 is 1.66 bits per heavy atom. The van der Waals surface area contributed by atoms with Crippen LogP contribution in [0.1, 0.15) is 58.4 Å². The Hall–Kier alpha value is -2.83. The van der Waals surface area contributed by atoms with Crippen LogP contribution in [-0.4, -0.2) is 30.1 Å². The second kappa shape index (κ2) is 10.6. The van der Waals surface area contributed by atoms with Crippen molar-refractivity contribution in [1.29, 1.82) is 0 Å². The molecule has 7 heteroatoms. The number of carbonyl (C=O) groups is 3. The van der Waals surface area contributed by atoms with E-state index in [1.807, 2.05) is 12.1 Å². The largest absolute Gasteiger partial charge is 0.444 e. The summed E-state index contributed by atoms with van der Waals surface area (Å²) in [6.07, 6.45) is 6.71. The number of anilines is 1. The molecule has 1 saturated carbocycles. The molecule has 1 aliphatic rings. The van der Waals surface area contributed by atoms with Crippen LogP contribution in [0.25, 0.3) is 0 Å². The van der Waals surface area contributed by atoms with Gasteiger partial charge in [-0.2, -0.15) is 0 Å². The number of hydrogen-bond acceptors (Lipinski definition) is 4. The van der Waals surface area contributed by atoms with Crippen LogP contribution in [0, 0.1) is 0 Å². The highest BCUT2D eigenvalue weighted by Gasteiger charge is 2.16. The molecule has 0 atom stereocenters. The predicted molar refractivity (Wildman–Crippen MR) is 112 cm³/mol. The molecule has 0 aromatic heterocycles. The van der Waals surface area contributed by atoms with E-state index in [1.165, 1.54) is 24.8 Å². The average Bonchev–Trinajstić information content (AvgIpc) is 2.65.